The fraction of sp³-hybridized carbons (Fsp3) is 0.429. The second-order valence-electron chi connectivity index (χ2n) is 11.4. The Bertz CT molecular complexity index is 1370. The number of benzene rings is 3. The zero-order valence-electron chi connectivity index (χ0n) is 24.9. The smallest absolute Gasteiger partial charge is 0.344 e. The van der Waals surface area contributed by atoms with E-state index in [1.165, 1.54) is 12.1 Å². The number of likely N-dealkylation sites (tertiary alicyclic amines) is 1. The van der Waals surface area contributed by atoms with Crippen molar-refractivity contribution < 1.29 is 28.2 Å². The molecule has 0 bridgehead atoms. The molecule has 0 aromatic heterocycles. The highest BCUT2D eigenvalue weighted by atomic mass is 19.1. The number of carbonyl (C=O) groups excluding carboxylic acids is 2. The largest absolute Gasteiger partial charge is 0.492 e. The molecular formula is C35H41FN2O5. The molecule has 0 atom stereocenters. The highest BCUT2D eigenvalue weighted by Crippen LogP contribution is 2.28. The van der Waals surface area contributed by atoms with Crippen LogP contribution in [0.3, 0.4) is 0 Å². The number of nitrogens with zero attached hydrogens (tertiary/aromatic N) is 2. The van der Waals surface area contributed by atoms with Crippen molar-refractivity contribution in [1.29, 1.82) is 0 Å². The molecule has 0 unspecified atom stereocenters. The van der Waals surface area contributed by atoms with E-state index in [-0.39, 0.29) is 24.2 Å². The van der Waals surface area contributed by atoms with Gasteiger partial charge < -0.3 is 14.2 Å². The van der Waals surface area contributed by atoms with Gasteiger partial charge in [0.25, 0.3) is 0 Å². The zero-order valence-corrected chi connectivity index (χ0v) is 24.9. The van der Waals surface area contributed by atoms with Crippen molar-refractivity contribution in [2.45, 2.75) is 52.2 Å². The SMILES string of the molecule is CCOC(=O)COc1cccc(CN2CCC(CCC(=O)c3ccc4c(c3)CN(Cc3ccc(F)cc3)CCO4)CC2)c1. The Morgan fingerprint density at radius 3 is 2.51 bits per heavy atom. The summed E-state index contributed by atoms with van der Waals surface area (Å²) in [7, 11) is 0. The van der Waals surface area contributed by atoms with Crippen LogP contribution in [0.4, 0.5) is 4.39 Å². The topological polar surface area (TPSA) is 68.3 Å². The quantitative estimate of drug-likeness (QED) is 0.189. The Morgan fingerprint density at radius 2 is 1.72 bits per heavy atom. The summed E-state index contributed by atoms with van der Waals surface area (Å²) in [6.45, 7) is 7.58. The maximum Gasteiger partial charge on any atom is 0.344 e. The third-order valence-electron chi connectivity index (χ3n) is 8.21. The van der Waals surface area contributed by atoms with Crippen LogP contribution in [0, 0.1) is 11.7 Å². The van der Waals surface area contributed by atoms with Crippen molar-refractivity contribution >= 4 is 11.8 Å². The second-order valence-corrected chi connectivity index (χ2v) is 11.4. The van der Waals surface area contributed by atoms with E-state index < -0.39 is 0 Å². The number of piperidine rings is 1. The number of hydrogen-bond acceptors (Lipinski definition) is 7. The van der Waals surface area contributed by atoms with Gasteiger partial charge in [0, 0.05) is 43.7 Å². The molecule has 0 aliphatic carbocycles. The average Bonchev–Trinajstić information content (AvgIpc) is 3.22. The number of esters is 1. The van der Waals surface area contributed by atoms with Crippen LogP contribution in [0.1, 0.15) is 59.7 Å². The van der Waals surface area contributed by atoms with Crippen LogP contribution in [0.2, 0.25) is 0 Å². The van der Waals surface area contributed by atoms with Crippen molar-refractivity contribution in [1.82, 2.24) is 9.80 Å². The minimum absolute atomic E-state index is 0.0867. The molecule has 0 spiro atoms. The number of ether oxygens (including phenoxy) is 3. The normalized spacial score (nSPS) is 16.1. The molecule has 0 N–H and O–H groups in total. The van der Waals surface area contributed by atoms with E-state index in [1.54, 1.807) is 6.92 Å². The lowest BCUT2D eigenvalue weighted by Gasteiger charge is -2.32. The number of Topliss-reactive ketones (excluding diaryl/α,β-unsaturated/α-hetero) is 1. The highest BCUT2D eigenvalue weighted by Gasteiger charge is 2.22. The van der Waals surface area contributed by atoms with Crippen molar-refractivity contribution in [2.24, 2.45) is 5.92 Å². The van der Waals surface area contributed by atoms with Gasteiger partial charge in [-0.05, 0) is 98.8 Å². The molecule has 5 rings (SSSR count). The van der Waals surface area contributed by atoms with Gasteiger partial charge >= 0.3 is 5.97 Å². The molecule has 3 aromatic rings. The van der Waals surface area contributed by atoms with E-state index in [0.29, 0.717) is 44.4 Å². The van der Waals surface area contributed by atoms with Gasteiger partial charge in [0.1, 0.15) is 23.9 Å². The fourth-order valence-electron chi connectivity index (χ4n) is 5.85. The number of halogens is 1. The molecule has 1 fully saturated rings. The predicted molar refractivity (Wildman–Crippen MR) is 163 cm³/mol. The van der Waals surface area contributed by atoms with Crippen LogP contribution < -0.4 is 9.47 Å². The van der Waals surface area contributed by atoms with Gasteiger partial charge in [-0.3, -0.25) is 14.6 Å². The third-order valence-corrected chi connectivity index (χ3v) is 8.21. The van der Waals surface area contributed by atoms with Gasteiger partial charge in [0.05, 0.1) is 6.61 Å². The molecular weight excluding hydrogens is 547 g/mol. The molecule has 8 heteroatoms. The standard InChI is InChI=1S/C35H41FN2O5/c1-2-41-35(40)25-43-32-5-3-4-28(20-32)23-37-16-14-26(15-17-37)8-12-33(39)29-9-13-34-30(21-29)24-38(18-19-42-34)22-27-6-10-31(36)11-7-27/h3-7,9-11,13,20-21,26H,2,8,12,14-19,22-25H2,1H3. The number of ketones is 1. The van der Waals surface area contributed by atoms with E-state index in [2.05, 4.69) is 15.9 Å². The lowest BCUT2D eigenvalue weighted by atomic mass is 9.90. The van der Waals surface area contributed by atoms with Crippen LogP contribution in [-0.4, -0.2) is 61.0 Å². The van der Waals surface area contributed by atoms with E-state index in [4.69, 9.17) is 14.2 Å². The Kier molecular flexibility index (Phi) is 10.8. The van der Waals surface area contributed by atoms with Crippen molar-refractivity contribution in [2.75, 3.05) is 39.5 Å². The lowest BCUT2D eigenvalue weighted by Crippen LogP contribution is -2.33. The van der Waals surface area contributed by atoms with Crippen LogP contribution >= 0.6 is 0 Å². The van der Waals surface area contributed by atoms with Crippen LogP contribution in [0.5, 0.6) is 11.5 Å². The molecule has 2 aliphatic heterocycles. The molecule has 43 heavy (non-hydrogen) atoms. The Labute approximate surface area is 253 Å². The molecule has 0 radical (unpaired) electrons. The molecule has 2 heterocycles. The number of fused-ring (bicyclic) bond motifs is 1. The minimum Gasteiger partial charge on any atom is -0.492 e. The molecule has 2 aliphatic rings. The first kappa shape index (κ1) is 30.7. The summed E-state index contributed by atoms with van der Waals surface area (Å²) >= 11 is 0. The van der Waals surface area contributed by atoms with Gasteiger partial charge in [0.2, 0.25) is 0 Å². The number of carbonyl (C=O) groups is 2. The predicted octanol–water partition coefficient (Wildman–Crippen LogP) is 6.04. The summed E-state index contributed by atoms with van der Waals surface area (Å²) < 4.78 is 29.8. The van der Waals surface area contributed by atoms with Crippen LogP contribution in [-0.2, 0) is 29.2 Å². The maximum absolute atomic E-state index is 13.3. The second kappa shape index (κ2) is 15.1. The van der Waals surface area contributed by atoms with E-state index >= 15 is 0 Å². The first-order chi connectivity index (χ1) is 20.9. The van der Waals surface area contributed by atoms with Crippen LogP contribution in [0.15, 0.2) is 66.7 Å². The molecule has 228 valence electrons. The van der Waals surface area contributed by atoms with Crippen molar-refractivity contribution in [3.63, 3.8) is 0 Å². The summed E-state index contributed by atoms with van der Waals surface area (Å²) in [4.78, 5) is 29.5. The van der Waals surface area contributed by atoms with Crippen LogP contribution in [0.25, 0.3) is 0 Å². The van der Waals surface area contributed by atoms with Gasteiger partial charge in [-0.2, -0.15) is 0 Å². The van der Waals surface area contributed by atoms with Gasteiger partial charge in [0.15, 0.2) is 12.4 Å². The van der Waals surface area contributed by atoms with Crippen molar-refractivity contribution in [3.05, 3.63) is 94.8 Å². The van der Waals surface area contributed by atoms with Gasteiger partial charge in [-0.15, -0.1) is 0 Å². The van der Waals surface area contributed by atoms with E-state index in [0.717, 1.165) is 73.4 Å². The number of rotatable bonds is 12. The average molecular weight is 589 g/mol. The first-order valence-electron chi connectivity index (χ1n) is 15.3. The zero-order chi connectivity index (χ0) is 30.0. The minimum atomic E-state index is -0.366. The summed E-state index contributed by atoms with van der Waals surface area (Å²) in [5.74, 6) is 1.62. The van der Waals surface area contributed by atoms with E-state index in [9.17, 15) is 14.0 Å². The Morgan fingerprint density at radius 1 is 0.930 bits per heavy atom. The molecule has 0 amide bonds. The summed E-state index contributed by atoms with van der Waals surface area (Å²) in [6, 6.07) is 20.3. The summed E-state index contributed by atoms with van der Waals surface area (Å²) in [5, 5.41) is 0. The number of hydrogen-bond donors (Lipinski definition) is 0. The van der Waals surface area contributed by atoms with E-state index in [1.807, 2.05) is 48.5 Å². The van der Waals surface area contributed by atoms with Crippen molar-refractivity contribution in [3.8, 4) is 11.5 Å². The fourth-order valence-corrected chi connectivity index (χ4v) is 5.85. The molecule has 1 saturated heterocycles. The molecule has 0 saturated carbocycles. The molecule has 7 nitrogen and oxygen atoms in total. The van der Waals surface area contributed by atoms with Gasteiger partial charge in [-0.1, -0.05) is 24.3 Å². The van der Waals surface area contributed by atoms with Gasteiger partial charge in [-0.25, -0.2) is 9.18 Å². The Hall–Kier alpha value is -3.75. The third kappa shape index (κ3) is 9.12. The summed E-state index contributed by atoms with van der Waals surface area (Å²) in [6.07, 6.45) is 3.59. The lowest BCUT2D eigenvalue weighted by molar-refractivity contribution is -0.145. The summed E-state index contributed by atoms with van der Waals surface area (Å²) in [5.41, 5.74) is 3.97. The highest BCUT2D eigenvalue weighted by molar-refractivity contribution is 5.96. The first-order valence-corrected chi connectivity index (χ1v) is 15.3. The monoisotopic (exact) mass is 588 g/mol. The Balaban J connectivity index is 1.07. The maximum atomic E-state index is 13.3. The molecule has 3 aromatic carbocycles.